The first-order valence-corrected chi connectivity index (χ1v) is 7.37. The minimum Gasteiger partial charge on any atom is -0.469 e. The van der Waals surface area contributed by atoms with E-state index in [1.165, 1.54) is 6.07 Å². The summed E-state index contributed by atoms with van der Waals surface area (Å²) in [4.78, 5) is 0. The smallest absolute Gasteiger partial charge is 0.170 e. The van der Waals surface area contributed by atoms with E-state index in [4.69, 9.17) is 16.6 Å². The molecule has 1 aromatic carbocycles. The van der Waals surface area contributed by atoms with Gasteiger partial charge in [-0.1, -0.05) is 15.9 Å². The summed E-state index contributed by atoms with van der Waals surface area (Å²) in [6.07, 6.45) is 3.39. The quantitative estimate of drug-likeness (QED) is 0.624. The molecule has 0 bridgehead atoms. The van der Waals surface area contributed by atoms with E-state index < -0.39 is 0 Å². The average molecular weight is 357 g/mol. The molecule has 3 nitrogen and oxygen atoms in total. The van der Waals surface area contributed by atoms with Gasteiger partial charge in [0.05, 0.1) is 12.0 Å². The predicted octanol–water partition coefficient (Wildman–Crippen LogP) is 4.10. The van der Waals surface area contributed by atoms with Crippen LogP contribution in [0, 0.1) is 5.82 Å². The Morgan fingerprint density at radius 3 is 2.90 bits per heavy atom. The summed E-state index contributed by atoms with van der Waals surface area (Å²) in [5.74, 6) is 0.601. The molecule has 0 fully saturated rings. The van der Waals surface area contributed by atoms with Gasteiger partial charge in [0.2, 0.25) is 0 Å². The summed E-state index contributed by atoms with van der Waals surface area (Å²) < 4.78 is 19.5. The summed E-state index contributed by atoms with van der Waals surface area (Å²) in [7, 11) is 0. The predicted molar refractivity (Wildman–Crippen MR) is 85.4 cm³/mol. The van der Waals surface area contributed by atoms with Crippen LogP contribution in [0.5, 0.6) is 0 Å². The molecule has 0 aliphatic rings. The molecule has 0 saturated heterocycles. The van der Waals surface area contributed by atoms with Crippen molar-refractivity contribution in [3.63, 3.8) is 0 Å². The van der Waals surface area contributed by atoms with Crippen molar-refractivity contribution < 1.29 is 8.81 Å². The maximum Gasteiger partial charge on any atom is 0.170 e. The Morgan fingerprint density at radius 2 is 2.20 bits per heavy atom. The van der Waals surface area contributed by atoms with E-state index in [0.717, 1.165) is 18.6 Å². The van der Waals surface area contributed by atoms with Gasteiger partial charge in [-0.3, -0.25) is 0 Å². The summed E-state index contributed by atoms with van der Waals surface area (Å²) in [6, 6.07) is 8.59. The molecule has 1 heterocycles. The van der Waals surface area contributed by atoms with Crippen molar-refractivity contribution in [1.82, 2.24) is 5.32 Å². The lowest BCUT2D eigenvalue weighted by molar-refractivity contribution is 0.501. The fourth-order valence-electron chi connectivity index (χ4n) is 1.68. The van der Waals surface area contributed by atoms with Crippen molar-refractivity contribution in [3.05, 3.63) is 52.6 Å². The van der Waals surface area contributed by atoms with Gasteiger partial charge in [0.15, 0.2) is 5.11 Å². The van der Waals surface area contributed by atoms with Crippen LogP contribution in [0.15, 0.2) is 45.5 Å². The molecule has 0 unspecified atom stereocenters. The molecule has 0 aliphatic heterocycles. The standard InChI is InChI=1S/C14H14BrFN2OS/c15-10-5-6-13(12(16)9-10)18-14(20)17-7-1-3-11-4-2-8-19-11/h2,4-6,8-9H,1,3,7H2,(H2,17,18,20). The monoisotopic (exact) mass is 356 g/mol. The number of benzene rings is 1. The van der Waals surface area contributed by atoms with Crippen LogP contribution in [0.2, 0.25) is 0 Å². The number of aryl methyl sites for hydroxylation is 1. The zero-order valence-electron chi connectivity index (χ0n) is 10.7. The van der Waals surface area contributed by atoms with Gasteiger partial charge in [0.1, 0.15) is 11.6 Å². The molecule has 6 heteroatoms. The highest BCUT2D eigenvalue weighted by Gasteiger charge is 2.04. The normalized spacial score (nSPS) is 10.3. The zero-order valence-corrected chi connectivity index (χ0v) is 13.1. The third-order valence-electron chi connectivity index (χ3n) is 2.64. The number of rotatable bonds is 5. The first-order valence-electron chi connectivity index (χ1n) is 6.17. The molecule has 0 aliphatic carbocycles. The van der Waals surface area contributed by atoms with E-state index in [2.05, 4.69) is 26.6 Å². The third kappa shape index (κ3) is 4.61. The minimum atomic E-state index is -0.348. The van der Waals surface area contributed by atoms with Crippen LogP contribution < -0.4 is 10.6 Å². The highest BCUT2D eigenvalue weighted by Crippen LogP contribution is 2.19. The lowest BCUT2D eigenvalue weighted by Crippen LogP contribution is -2.29. The van der Waals surface area contributed by atoms with Gasteiger partial charge >= 0.3 is 0 Å². The number of anilines is 1. The van der Waals surface area contributed by atoms with Crippen molar-refractivity contribution in [3.8, 4) is 0 Å². The van der Waals surface area contributed by atoms with Crippen LogP contribution in [0.25, 0.3) is 0 Å². The molecular formula is C14H14BrFN2OS. The Labute approximate surface area is 130 Å². The second kappa shape index (κ2) is 7.40. The van der Waals surface area contributed by atoms with Crippen molar-refractivity contribution in [2.24, 2.45) is 0 Å². The van der Waals surface area contributed by atoms with Crippen LogP contribution in [0.3, 0.4) is 0 Å². The topological polar surface area (TPSA) is 37.2 Å². The van der Waals surface area contributed by atoms with E-state index in [1.54, 1.807) is 18.4 Å². The number of halogens is 2. The molecule has 0 spiro atoms. The van der Waals surface area contributed by atoms with E-state index in [0.29, 0.717) is 21.8 Å². The number of thiocarbonyl (C=S) groups is 1. The summed E-state index contributed by atoms with van der Waals surface area (Å²) in [6.45, 7) is 0.699. The fourth-order valence-corrected chi connectivity index (χ4v) is 2.22. The largest absolute Gasteiger partial charge is 0.469 e. The molecule has 1 aromatic heterocycles. The molecule has 2 N–H and O–H groups in total. The zero-order chi connectivity index (χ0) is 14.4. The van der Waals surface area contributed by atoms with E-state index >= 15 is 0 Å². The maximum atomic E-state index is 13.6. The van der Waals surface area contributed by atoms with Crippen LogP contribution in [0.1, 0.15) is 12.2 Å². The lowest BCUT2D eigenvalue weighted by Gasteiger charge is -2.11. The van der Waals surface area contributed by atoms with Crippen LogP contribution in [0.4, 0.5) is 10.1 Å². The number of hydrogen-bond donors (Lipinski definition) is 2. The van der Waals surface area contributed by atoms with Crippen molar-refractivity contribution in [2.45, 2.75) is 12.8 Å². The van der Waals surface area contributed by atoms with E-state index in [1.807, 2.05) is 12.1 Å². The second-order valence-electron chi connectivity index (χ2n) is 4.19. The first kappa shape index (κ1) is 15.0. The molecule has 2 rings (SSSR count). The van der Waals surface area contributed by atoms with Gasteiger partial charge < -0.3 is 15.1 Å². The first-order chi connectivity index (χ1) is 9.65. The average Bonchev–Trinajstić information content (AvgIpc) is 2.91. The molecular weight excluding hydrogens is 343 g/mol. The maximum absolute atomic E-state index is 13.6. The summed E-state index contributed by atoms with van der Waals surface area (Å²) in [5.41, 5.74) is 0.358. The Kier molecular flexibility index (Phi) is 5.55. The van der Waals surface area contributed by atoms with Gasteiger partial charge in [0, 0.05) is 17.4 Å². The Bertz CT molecular complexity index is 575. The minimum absolute atomic E-state index is 0.348. The fraction of sp³-hybridized carbons (Fsp3) is 0.214. The van der Waals surface area contributed by atoms with Crippen LogP contribution >= 0.6 is 28.1 Å². The van der Waals surface area contributed by atoms with Crippen molar-refractivity contribution in [1.29, 1.82) is 0 Å². The Morgan fingerprint density at radius 1 is 1.35 bits per heavy atom. The number of hydrogen-bond acceptors (Lipinski definition) is 2. The number of nitrogens with one attached hydrogen (secondary N) is 2. The van der Waals surface area contributed by atoms with Gasteiger partial charge in [-0.2, -0.15) is 0 Å². The molecule has 0 amide bonds. The van der Waals surface area contributed by atoms with Crippen LogP contribution in [-0.4, -0.2) is 11.7 Å². The van der Waals surface area contributed by atoms with Gasteiger partial charge in [0.25, 0.3) is 0 Å². The molecule has 2 aromatic rings. The van der Waals surface area contributed by atoms with Gasteiger partial charge in [-0.25, -0.2) is 4.39 Å². The Balaban J connectivity index is 1.72. The summed E-state index contributed by atoms with van der Waals surface area (Å²) >= 11 is 8.33. The van der Waals surface area contributed by atoms with Gasteiger partial charge in [-0.15, -0.1) is 0 Å². The molecule has 0 atom stereocenters. The van der Waals surface area contributed by atoms with E-state index in [-0.39, 0.29) is 5.82 Å². The SMILES string of the molecule is Fc1cc(Br)ccc1NC(=S)NCCCc1ccco1. The highest BCUT2D eigenvalue weighted by molar-refractivity contribution is 9.10. The lowest BCUT2D eigenvalue weighted by atomic mass is 10.2. The van der Waals surface area contributed by atoms with Crippen molar-refractivity contribution in [2.75, 3.05) is 11.9 Å². The second-order valence-corrected chi connectivity index (χ2v) is 5.51. The van der Waals surface area contributed by atoms with E-state index in [9.17, 15) is 4.39 Å². The number of furan rings is 1. The molecule has 20 heavy (non-hydrogen) atoms. The molecule has 0 radical (unpaired) electrons. The van der Waals surface area contributed by atoms with Crippen molar-refractivity contribution >= 4 is 38.9 Å². The van der Waals surface area contributed by atoms with Crippen LogP contribution in [-0.2, 0) is 6.42 Å². The summed E-state index contributed by atoms with van der Waals surface area (Å²) in [5, 5.41) is 6.28. The Hall–Kier alpha value is -1.40. The molecule has 106 valence electrons. The third-order valence-corrected chi connectivity index (χ3v) is 3.38. The molecule has 0 saturated carbocycles. The van der Waals surface area contributed by atoms with Gasteiger partial charge in [-0.05, 0) is 49.0 Å². The highest BCUT2D eigenvalue weighted by atomic mass is 79.9.